The Balaban J connectivity index is 1.66. The Bertz CT molecular complexity index is 1100. The Morgan fingerprint density at radius 3 is 2.62 bits per heavy atom. The normalized spacial score (nSPS) is 11.0. The van der Waals surface area contributed by atoms with Gasteiger partial charge in [0.05, 0.1) is 7.11 Å². The van der Waals surface area contributed by atoms with Crippen molar-refractivity contribution in [2.75, 3.05) is 14.2 Å². The van der Waals surface area contributed by atoms with E-state index in [1.165, 1.54) is 0 Å². The second kappa shape index (κ2) is 6.56. The number of benzene rings is 3. The summed E-state index contributed by atoms with van der Waals surface area (Å²) >= 11 is 0. The van der Waals surface area contributed by atoms with Crippen LogP contribution in [0.2, 0.25) is 0 Å². The Morgan fingerprint density at radius 2 is 1.77 bits per heavy atom. The van der Waals surface area contributed by atoms with E-state index in [4.69, 9.17) is 9.15 Å². The van der Waals surface area contributed by atoms with Gasteiger partial charge in [0.25, 0.3) is 5.91 Å². The fourth-order valence-corrected chi connectivity index (χ4v) is 3.25. The highest BCUT2D eigenvalue weighted by Crippen LogP contribution is 2.29. The molecule has 0 radical (unpaired) electrons. The van der Waals surface area contributed by atoms with Crippen LogP contribution < -0.4 is 4.74 Å². The number of amides is 1. The van der Waals surface area contributed by atoms with E-state index < -0.39 is 0 Å². The van der Waals surface area contributed by atoms with Crippen molar-refractivity contribution in [1.29, 1.82) is 0 Å². The summed E-state index contributed by atoms with van der Waals surface area (Å²) in [6.07, 6.45) is 0. The summed E-state index contributed by atoms with van der Waals surface area (Å²) in [5, 5.41) is 3.17. The highest BCUT2D eigenvalue weighted by atomic mass is 16.5. The SMILES string of the molecule is COc1ccccc1CN(C)C(=O)c1cc2c(ccc3ccccc32)o1. The largest absolute Gasteiger partial charge is 0.496 e. The number of hydrogen-bond donors (Lipinski definition) is 0. The summed E-state index contributed by atoms with van der Waals surface area (Å²) in [6.45, 7) is 0.445. The standard InChI is InChI=1S/C22H19NO3/c1-23(14-16-8-4-6-10-19(16)25-2)22(24)21-13-18-17-9-5-3-7-15(17)11-12-20(18)26-21/h3-13H,14H2,1-2H3. The van der Waals surface area contributed by atoms with Crippen LogP contribution in [0.1, 0.15) is 16.1 Å². The molecule has 0 saturated heterocycles. The average molecular weight is 345 g/mol. The zero-order chi connectivity index (χ0) is 18.1. The maximum atomic E-state index is 12.8. The Morgan fingerprint density at radius 1 is 1.00 bits per heavy atom. The molecule has 26 heavy (non-hydrogen) atoms. The second-order valence-electron chi connectivity index (χ2n) is 6.28. The predicted molar refractivity (Wildman–Crippen MR) is 103 cm³/mol. The number of hydrogen-bond acceptors (Lipinski definition) is 3. The lowest BCUT2D eigenvalue weighted by Crippen LogP contribution is -2.26. The highest BCUT2D eigenvalue weighted by molar-refractivity contribution is 6.08. The Labute approximate surface area is 151 Å². The monoisotopic (exact) mass is 345 g/mol. The van der Waals surface area contributed by atoms with Crippen molar-refractivity contribution in [2.24, 2.45) is 0 Å². The molecule has 1 heterocycles. The number of methoxy groups -OCH3 is 1. The maximum absolute atomic E-state index is 12.8. The number of carbonyl (C=O) groups excluding carboxylic acids is 1. The van der Waals surface area contributed by atoms with E-state index in [0.717, 1.165) is 33.1 Å². The van der Waals surface area contributed by atoms with Crippen molar-refractivity contribution in [2.45, 2.75) is 6.54 Å². The lowest BCUT2D eigenvalue weighted by molar-refractivity contribution is 0.0755. The minimum atomic E-state index is -0.156. The van der Waals surface area contributed by atoms with Gasteiger partial charge >= 0.3 is 0 Å². The van der Waals surface area contributed by atoms with Crippen LogP contribution in [0.25, 0.3) is 21.7 Å². The van der Waals surface area contributed by atoms with E-state index in [2.05, 4.69) is 6.07 Å². The summed E-state index contributed by atoms with van der Waals surface area (Å²) < 4.78 is 11.2. The molecule has 4 rings (SSSR count). The molecule has 0 bridgehead atoms. The van der Waals surface area contributed by atoms with E-state index in [1.807, 2.05) is 60.7 Å². The van der Waals surface area contributed by atoms with Crippen LogP contribution >= 0.6 is 0 Å². The minimum absolute atomic E-state index is 0.156. The molecule has 0 saturated carbocycles. The van der Waals surface area contributed by atoms with Crippen LogP contribution in [0.4, 0.5) is 0 Å². The van der Waals surface area contributed by atoms with Crippen molar-refractivity contribution < 1.29 is 13.9 Å². The zero-order valence-electron chi connectivity index (χ0n) is 14.7. The summed E-state index contributed by atoms with van der Waals surface area (Å²) in [7, 11) is 3.39. The van der Waals surface area contributed by atoms with Crippen LogP contribution in [0.3, 0.4) is 0 Å². The van der Waals surface area contributed by atoms with Crippen molar-refractivity contribution in [1.82, 2.24) is 4.90 Å². The van der Waals surface area contributed by atoms with Crippen molar-refractivity contribution in [3.63, 3.8) is 0 Å². The van der Waals surface area contributed by atoms with Crippen LogP contribution in [0, 0.1) is 0 Å². The van der Waals surface area contributed by atoms with Gasteiger partial charge in [-0.25, -0.2) is 0 Å². The van der Waals surface area contributed by atoms with Gasteiger partial charge in [-0.3, -0.25) is 4.79 Å². The molecule has 1 amide bonds. The molecular formula is C22H19NO3. The molecule has 1 aromatic heterocycles. The van der Waals surface area contributed by atoms with Gasteiger partial charge in [-0.05, 0) is 29.0 Å². The summed E-state index contributed by atoms with van der Waals surface area (Å²) in [5.74, 6) is 0.952. The summed E-state index contributed by atoms with van der Waals surface area (Å²) in [6, 6.07) is 21.5. The van der Waals surface area contributed by atoms with Crippen molar-refractivity contribution in [3.05, 3.63) is 78.1 Å². The molecule has 0 atom stereocenters. The molecule has 0 unspecified atom stereocenters. The van der Waals surface area contributed by atoms with E-state index in [9.17, 15) is 4.79 Å². The van der Waals surface area contributed by atoms with Gasteiger partial charge in [0.2, 0.25) is 0 Å². The molecule has 4 heteroatoms. The van der Waals surface area contributed by atoms with Crippen LogP contribution in [-0.4, -0.2) is 25.0 Å². The molecule has 0 spiro atoms. The number of nitrogens with zero attached hydrogens (tertiary/aromatic N) is 1. The number of ether oxygens (including phenoxy) is 1. The third kappa shape index (κ3) is 2.80. The van der Waals surface area contributed by atoms with Gasteiger partial charge in [0.15, 0.2) is 5.76 Å². The number of para-hydroxylation sites is 1. The number of furan rings is 1. The number of fused-ring (bicyclic) bond motifs is 3. The van der Waals surface area contributed by atoms with Crippen LogP contribution in [0.15, 0.2) is 71.1 Å². The lowest BCUT2D eigenvalue weighted by atomic mass is 10.1. The predicted octanol–water partition coefficient (Wildman–Crippen LogP) is 4.87. The summed E-state index contributed by atoms with van der Waals surface area (Å²) in [5.41, 5.74) is 1.67. The first-order chi connectivity index (χ1) is 12.7. The third-order valence-electron chi connectivity index (χ3n) is 4.58. The van der Waals surface area contributed by atoms with Gasteiger partial charge in [-0.2, -0.15) is 0 Å². The van der Waals surface area contributed by atoms with Gasteiger partial charge in [0, 0.05) is 24.5 Å². The molecule has 0 N–H and O–H groups in total. The number of carbonyl (C=O) groups is 1. The molecule has 0 aliphatic carbocycles. The van der Waals surface area contributed by atoms with Crippen molar-refractivity contribution >= 4 is 27.6 Å². The van der Waals surface area contributed by atoms with E-state index in [1.54, 1.807) is 19.1 Å². The Kier molecular flexibility index (Phi) is 4.09. The van der Waals surface area contributed by atoms with E-state index >= 15 is 0 Å². The molecule has 0 fully saturated rings. The molecule has 3 aromatic carbocycles. The van der Waals surface area contributed by atoms with Gasteiger partial charge in [-0.15, -0.1) is 0 Å². The molecule has 4 aromatic rings. The Hall–Kier alpha value is -3.27. The quantitative estimate of drug-likeness (QED) is 0.530. The van der Waals surface area contributed by atoms with E-state index in [-0.39, 0.29) is 5.91 Å². The van der Waals surface area contributed by atoms with Crippen LogP contribution in [-0.2, 0) is 6.54 Å². The highest BCUT2D eigenvalue weighted by Gasteiger charge is 2.19. The maximum Gasteiger partial charge on any atom is 0.289 e. The third-order valence-corrected chi connectivity index (χ3v) is 4.58. The first-order valence-corrected chi connectivity index (χ1v) is 8.46. The second-order valence-corrected chi connectivity index (χ2v) is 6.28. The summed E-state index contributed by atoms with van der Waals surface area (Å²) in [4.78, 5) is 14.5. The minimum Gasteiger partial charge on any atom is -0.496 e. The van der Waals surface area contributed by atoms with Crippen molar-refractivity contribution in [3.8, 4) is 5.75 Å². The lowest BCUT2D eigenvalue weighted by Gasteiger charge is -2.17. The molecule has 4 nitrogen and oxygen atoms in total. The first-order valence-electron chi connectivity index (χ1n) is 8.46. The fourth-order valence-electron chi connectivity index (χ4n) is 3.25. The molecule has 0 aliphatic rings. The molecular weight excluding hydrogens is 326 g/mol. The van der Waals surface area contributed by atoms with Gasteiger partial charge in [0.1, 0.15) is 11.3 Å². The molecule has 130 valence electrons. The fraction of sp³-hybridized carbons (Fsp3) is 0.136. The topological polar surface area (TPSA) is 42.7 Å². The number of rotatable bonds is 4. The van der Waals surface area contributed by atoms with Gasteiger partial charge in [-0.1, -0.05) is 48.5 Å². The van der Waals surface area contributed by atoms with Crippen LogP contribution in [0.5, 0.6) is 5.75 Å². The average Bonchev–Trinajstić information content (AvgIpc) is 3.12. The zero-order valence-corrected chi connectivity index (χ0v) is 14.7. The molecule has 0 aliphatic heterocycles. The van der Waals surface area contributed by atoms with E-state index in [0.29, 0.717) is 12.3 Å². The smallest absolute Gasteiger partial charge is 0.289 e. The first kappa shape index (κ1) is 16.2. The van der Waals surface area contributed by atoms with Gasteiger partial charge < -0.3 is 14.1 Å².